The topological polar surface area (TPSA) is 93.2 Å². The first-order chi connectivity index (χ1) is 10.6. The Kier molecular flexibility index (Phi) is 5.73. The number of rotatable bonds is 5. The molecule has 2 N–H and O–H groups in total. The van der Waals surface area contributed by atoms with E-state index < -0.39 is 17.3 Å². The molecule has 1 aromatic carbocycles. The van der Waals surface area contributed by atoms with Crippen molar-refractivity contribution in [1.82, 2.24) is 15.5 Å². The van der Waals surface area contributed by atoms with Crippen molar-refractivity contribution in [1.29, 1.82) is 0 Å². The maximum atomic E-state index is 11.7. The van der Waals surface area contributed by atoms with Crippen LogP contribution in [0.5, 0.6) is 0 Å². The second-order valence-electron chi connectivity index (χ2n) is 4.11. The highest BCUT2D eigenvalue weighted by atomic mass is 32.2. The number of nitrogens with zero attached hydrogens (tertiary/aromatic N) is 2. The van der Waals surface area contributed by atoms with Crippen LogP contribution in [0.25, 0.3) is 0 Å². The van der Waals surface area contributed by atoms with Crippen molar-refractivity contribution in [2.24, 2.45) is 0 Å². The van der Waals surface area contributed by atoms with E-state index >= 15 is 0 Å². The van der Waals surface area contributed by atoms with Crippen molar-refractivity contribution in [2.75, 3.05) is 12.4 Å². The molecule has 22 heavy (non-hydrogen) atoms. The Morgan fingerprint density at radius 3 is 2.68 bits per heavy atom. The normalized spacial score (nSPS) is 11.5. The van der Waals surface area contributed by atoms with Crippen LogP contribution >= 0.6 is 23.1 Å². The van der Waals surface area contributed by atoms with Crippen molar-refractivity contribution in [3.8, 4) is 0 Å². The van der Waals surface area contributed by atoms with E-state index in [9.17, 15) is 9.59 Å². The second kappa shape index (κ2) is 7.76. The van der Waals surface area contributed by atoms with Gasteiger partial charge in [-0.15, -0.1) is 10.2 Å². The summed E-state index contributed by atoms with van der Waals surface area (Å²) in [7, 11) is 1.20. The number of alkyl carbamates (subject to hydrolysis) is 1. The summed E-state index contributed by atoms with van der Waals surface area (Å²) in [6.45, 7) is 1.68. The fourth-order valence-corrected chi connectivity index (χ4v) is 3.33. The number of hydrogen-bond donors (Lipinski definition) is 2. The summed E-state index contributed by atoms with van der Waals surface area (Å²) >= 11 is 2.55. The van der Waals surface area contributed by atoms with Gasteiger partial charge in [0.05, 0.1) is 12.4 Å². The van der Waals surface area contributed by atoms with E-state index in [0.717, 1.165) is 5.69 Å². The zero-order valence-electron chi connectivity index (χ0n) is 11.9. The summed E-state index contributed by atoms with van der Waals surface area (Å²) in [6, 6.07) is 9.59. The fraction of sp³-hybridized carbons (Fsp3) is 0.231. The van der Waals surface area contributed by atoms with Crippen LogP contribution in [0.4, 0.5) is 15.6 Å². The quantitative estimate of drug-likeness (QED) is 0.809. The predicted molar refractivity (Wildman–Crippen MR) is 85.5 cm³/mol. The average molecular weight is 338 g/mol. The molecule has 0 aliphatic rings. The lowest BCUT2D eigenvalue weighted by Gasteiger charge is -2.07. The molecule has 0 spiro atoms. The summed E-state index contributed by atoms with van der Waals surface area (Å²) in [5.74, 6) is -0.440. The number of imide groups is 1. The predicted octanol–water partition coefficient (Wildman–Crippen LogP) is 2.64. The third kappa shape index (κ3) is 4.71. The maximum Gasteiger partial charge on any atom is 0.413 e. The van der Waals surface area contributed by atoms with Gasteiger partial charge in [0, 0.05) is 5.69 Å². The van der Waals surface area contributed by atoms with Gasteiger partial charge in [0.2, 0.25) is 11.0 Å². The number of anilines is 2. The molecule has 0 saturated heterocycles. The van der Waals surface area contributed by atoms with Crippen molar-refractivity contribution in [3.05, 3.63) is 30.3 Å². The highest BCUT2D eigenvalue weighted by Crippen LogP contribution is 2.30. The number of methoxy groups -OCH3 is 1. The van der Waals surface area contributed by atoms with Crippen LogP contribution in [0.15, 0.2) is 34.7 Å². The van der Waals surface area contributed by atoms with Crippen LogP contribution in [-0.2, 0) is 9.53 Å². The first-order valence-corrected chi connectivity index (χ1v) is 7.99. The van der Waals surface area contributed by atoms with Crippen molar-refractivity contribution in [3.63, 3.8) is 0 Å². The van der Waals surface area contributed by atoms with Gasteiger partial charge in [-0.3, -0.25) is 10.1 Å². The molecule has 1 aromatic heterocycles. The fourth-order valence-electron chi connectivity index (χ4n) is 1.41. The standard InChI is InChI=1S/C13H14N4O3S2/c1-8(10(18)15-12(19)20-2)21-13-17-16-11(22-13)14-9-6-4-3-5-7-9/h3-8H,1-2H3,(H,14,16)(H,15,18,19)/t8-/m1/s1. The van der Waals surface area contributed by atoms with Gasteiger partial charge in [-0.05, 0) is 19.1 Å². The number of carbonyl (C=O) groups is 2. The van der Waals surface area contributed by atoms with Gasteiger partial charge in [0.25, 0.3) is 0 Å². The maximum absolute atomic E-state index is 11.7. The minimum absolute atomic E-state index is 0.440. The van der Waals surface area contributed by atoms with Crippen LogP contribution in [0.3, 0.4) is 0 Å². The summed E-state index contributed by atoms with van der Waals surface area (Å²) < 4.78 is 5.01. The molecular weight excluding hydrogens is 324 g/mol. The number of nitrogens with one attached hydrogen (secondary N) is 2. The van der Waals surface area contributed by atoms with Crippen LogP contribution in [-0.4, -0.2) is 34.6 Å². The van der Waals surface area contributed by atoms with Gasteiger partial charge in [-0.2, -0.15) is 0 Å². The molecule has 0 aliphatic carbocycles. The molecule has 9 heteroatoms. The number of amides is 2. The Morgan fingerprint density at radius 2 is 2.00 bits per heavy atom. The summed E-state index contributed by atoms with van der Waals surface area (Å²) in [4.78, 5) is 22.7. The zero-order valence-corrected chi connectivity index (χ0v) is 13.5. The molecule has 116 valence electrons. The number of thioether (sulfide) groups is 1. The van der Waals surface area contributed by atoms with E-state index in [1.54, 1.807) is 6.92 Å². The minimum atomic E-state index is -0.777. The van der Waals surface area contributed by atoms with E-state index in [1.165, 1.54) is 30.2 Å². The lowest BCUT2D eigenvalue weighted by Crippen LogP contribution is -2.35. The Labute approximate surface area is 135 Å². The van der Waals surface area contributed by atoms with Gasteiger partial charge >= 0.3 is 6.09 Å². The zero-order chi connectivity index (χ0) is 15.9. The van der Waals surface area contributed by atoms with E-state index in [0.29, 0.717) is 9.47 Å². The van der Waals surface area contributed by atoms with Crippen molar-refractivity contribution >= 4 is 45.9 Å². The molecule has 0 bridgehead atoms. The van der Waals surface area contributed by atoms with Crippen LogP contribution in [0.1, 0.15) is 6.92 Å². The molecule has 1 heterocycles. The lowest BCUT2D eigenvalue weighted by molar-refractivity contribution is -0.119. The molecule has 2 aromatic rings. The molecule has 0 saturated carbocycles. The Morgan fingerprint density at radius 1 is 1.27 bits per heavy atom. The molecule has 2 amide bonds. The molecule has 0 aliphatic heterocycles. The smallest absolute Gasteiger partial charge is 0.413 e. The van der Waals surface area contributed by atoms with E-state index in [1.807, 2.05) is 30.3 Å². The third-order valence-corrected chi connectivity index (χ3v) is 4.51. The highest BCUT2D eigenvalue weighted by molar-refractivity contribution is 8.02. The molecule has 0 fully saturated rings. The molecule has 1 atom stereocenters. The van der Waals surface area contributed by atoms with E-state index in [-0.39, 0.29) is 0 Å². The van der Waals surface area contributed by atoms with Gasteiger partial charge in [0.1, 0.15) is 0 Å². The average Bonchev–Trinajstić information content (AvgIpc) is 2.95. The SMILES string of the molecule is COC(=O)NC(=O)[C@@H](C)Sc1nnc(Nc2ccccc2)s1. The number of hydrogen-bond acceptors (Lipinski definition) is 8. The molecule has 7 nitrogen and oxygen atoms in total. The number of carbonyl (C=O) groups excluding carboxylic acids is 2. The van der Waals surface area contributed by atoms with Gasteiger partial charge < -0.3 is 10.1 Å². The van der Waals surface area contributed by atoms with Crippen molar-refractivity contribution in [2.45, 2.75) is 16.5 Å². The minimum Gasteiger partial charge on any atom is -0.453 e. The first-order valence-electron chi connectivity index (χ1n) is 6.29. The van der Waals surface area contributed by atoms with Gasteiger partial charge in [0.15, 0.2) is 4.34 Å². The van der Waals surface area contributed by atoms with E-state index in [4.69, 9.17) is 0 Å². The lowest BCUT2D eigenvalue weighted by atomic mass is 10.3. The highest BCUT2D eigenvalue weighted by Gasteiger charge is 2.19. The molecule has 2 rings (SSSR count). The number of ether oxygens (including phenoxy) is 1. The second-order valence-corrected chi connectivity index (χ2v) is 6.67. The molecule has 0 radical (unpaired) electrons. The summed E-state index contributed by atoms with van der Waals surface area (Å²) in [6.07, 6.45) is -0.777. The third-order valence-electron chi connectivity index (χ3n) is 2.49. The summed E-state index contributed by atoms with van der Waals surface area (Å²) in [5.41, 5.74) is 0.909. The van der Waals surface area contributed by atoms with Crippen molar-refractivity contribution < 1.29 is 14.3 Å². The van der Waals surface area contributed by atoms with Crippen LogP contribution < -0.4 is 10.6 Å². The molecular formula is C13H14N4O3S2. The largest absolute Gasteiger partial charge is 0.453 e. The monoisotopic (exact) mass is 338 g/mol. The van der Waals surface area contributed by atoms with Crippen LogP contribution in [0, 0.1) is 0 Å². The summed E-state index contributed by atoms with van der Waals surface area (Å²) in [5, 5.41) is 13.4. The number of benzene rings is 1. The van der Waals surface area contributed by atoms with Crippen LogP contribution in [0.2, 0.25) is 0 Å². The number of aromatic nitrogens is 2. The number of para-hydroxylation sites is 1. The Bertz CT molecular complexity index is 648. The van der Waals surface area contributed by atoms with Gasteiger partial charge in [-0.1, -0.05) is 41.3 Å². The molecule has 0 unspecified atom stereocenters. The van der Waals surface area contributed by atoms with E-state index in [2.05, 4.69) is 25.6 Å². The van der Waals surface area contributed by atoms with Gasteiger partial charge in [-0.25, -0.2) is 4.79 Å². The Balaban J connectivity index is 1.91. The first kappa shape index (κ1) is 16.2. The Hall–Kier alpha value is -2.13.